The predicted molar refractivity (Wildman–Crippen MR) is 103 cm³/mol. The van der Waals surface area contributed by atoms with Crippen LogP contribution in [-0.4, -0.2) is 14.4 Å². The maximum atomic E-state index is 4.74. The van der Waals surface area contributed by atoms with Crippen LogP contribution in [0.3, 0.4) is 0 Å². The van der Waals surface area contributed by atoms with Crippen LogP contribution in [0.25, 0.3) is 5.65 Å². The molecular formula is C20H20N4S. The molecule has 0 aliphatic rings. The quantitative estimate of drug-likeness (QED) is 0.569. The molecule has 1 unspecified atom stereocenters. The Morgan fingerprint density at radius 3 is 2.56 bits per heavy atom. The van der Waals surface area contributed by atoms with Crippen molar-refractivity contribution < 1.29 is 0 Å². The zero-order valence-corrected chi connectivity index (χ0v) is 15.3. The van der Waals surface area contributed by atoms with Crippen LogP contribution in [0.2, 0.25) is 0 Å². The number of aryl methyl sites for hydroxylation is 3. The molecule has 0 radical (unpaired) electrons. The Balaban J connectivity index is 1.90. The third kappa shape index (κ3) is 2.91. The lowest BCUT2D eigenvalue weighted by atomic mass is 9.98. The third-order valence-electron chi connectivity index (χ3n) is 4.41. The van der Waals surface area contributed by atoms with Gasteiger partial charge in [-0.25, -0.2) is 9.97 Å². The Labute approximate surface area is 151 Å². The SMILES string of the molecule is Cc1csc(NC(c2ccccc2C)c2c(C)nc3ccccn23)n1. The van der Waals surface area contributed by atoms with Crippen molar-refractivity contribution in [2.24, 2.45) is 0 Å². The average molecular weight is 348 g/mol. The molecule has 126 valence electrons. The van der Waals surface area contributed by atoms with Crippen molar-refractivity contribution >= 4 is 22.1 Å². The van der Waals surface area contributed by atoms with Crippen molar-refractivity contribution in [1.29, 1.82) is 0 Å². The molecule has 1 atom stereocenters. The van der Waals surface area contributed by atoms with Gasteiger partial charge in [0.2, 0.25) is 0 Å². The largest absolute Gasteiger partial charge is 0.349 e. The first-order valence-electron chi connectivity index (χ1n) is 8.31. The van der Waals surface area contributed by atoms with E-state index in [2.05, 4.69) is 64.4 Å². The lowest BCUT2D eigenvalue weighted by Crippen LogP contribution is -2.16. The smallest absolute Gasteiger partial charge is 0.183 e. The number of imidazole rings is 1. The highest BCUT2D eigenvalue weighted by atomic mass is 32.1. The number of hydrogen-bond acceptors (Lipinski definition) is 4. The Hall–Kier alpha value is -2.66. The van der Waals surface area contributed by atoms with Crippen molar-refractivity contribution in [2.45, 2.75) is 26.8 Å². The van der Waals surface area contributed by atoms with E-state index in [1.165, 1.54) is 11.1 Å². The number of hydrogen-bond donors (Lipinski definition) is 1. The number of anilines is 1. The van der Waals surface area contributed by atoms with E-state index in [4.69, 9.17) is 4.98 Å². The van der Waals surface area contributed by atoms with Gasteiger partial charge < -0.3 is 9.72 Å². The summed E-state index contributed by atoms with van der Waals surface area (Å²) in [5, 5.41) is 6.63. The molecule has 0 spiro atoms. The first-order chi connectivity index (χ1) is 12.1. The summed E-state index contributed by atoms with van der Waals surface area (Å²) in [4.78, 5) is 9.34. The lowest BCUT2D eigenvalue weighted by molar-refractivity contribution is 0.846. The summed E-state index contributed by atoms with van der Waals surface area (Å²) in [6, 6.07) is 14.6. The van der Waals surface area contributed by atoms with Crippen LogP contribution in [0.1, 0.15) is 34.3 Å². The van der Waals surface area contributed by atoms with Crippen LogP contribution in [0.5, 0.6) is 0 Å². The van der Waals surface area contributed by atoms with Gasteiger partial charge in [0, 0.05) is 11.6 Å². The highest BCUT2D eigenvalue weighted by molar-refractivity contribution is 7.13. The zero-order valence-electron chi connectivity index (χ0n) is 14.5. The molecule has 4 nitrogen and oxygen atoms in total. The molecule has 5 heteroatoms. The normalized spacial score (nSPS) is 12.4. The van der Waals surface area contributed by atoms with Crippen LogP contribution in [0.4, 0.5) is 5.13 Å². The summed E-state index contributed by atoms with van der Waals surface area (Å²) in [7, 11) is 0. The summed E-state index contributed by atoms with van der Waals surface area (Å²) in [6.45, 7) is 6.24. The fourth-order valence-corrected chi connectivity index (χ4v) is 3.95. The highest BCUT2D eigenvalue weighted by Gasteiger charge is 2.23. The maximum absolute atomic E-state index is 4.74. The maximum Gasteiger partial charge on any atom is 0.183 e. The van der Waals surface area contributed by atoms with E-state index >= 15 is 0 Å². The molecule has 3 aromatic heterocycles. The minimum atomic E-state index is -0.0100. The fraction of sp³-hybridized carbons (Fsp3) is 0.200. The van der Waals surface area contributed by atoms with E-state index in [-0.39, 0.29) is 6.04 Å². The number of pyridine rings is 1. The minimum absolute atomic E-state index is 0.0100. The summed E-state index contributed by atoms with van der Waals surface area (Å²) in [6.07, 6.45) is 2.07. The summed E-state index contributed by atoms with van der Waals surface area (Å²) >= 11 is 1.64. The van der Waals surface area contributed by atoms with Crippen LogP contribution < -0.4 is 5.32 Å². The number of aromatic nitrogens is 3. The molecule has 0 saturated heterocycles. The summed E-state index contributed by atoms with van der Waals surface area (Å²) in [5.74, 6) is 0. The number of nitrogens with zero attached hydrogens (tertiary/aromatic N) is 3. The van der Waals surface area contributed by atoms with Crippen molar-refractivity contribution in [1.82, 2.24) is 14.4 Å². The number of fused-ring (bicyclic) bond motifs is 1. The van der Waals surface area contributed by atoms with Crippen molar-refractivity contribution in [2.75, 3.05) is 5.32 Å². The summed E-state index contributed by atoms with van der Waals surface area (Å²) in [5.41, 5.74) is 6.66. The third-order valence-corrected chi connectivity index (χ3v) is 5.30. The molecule has 0 bridgehead atoms. The van der Waals surface area contributed by atoms with Crippen LogP contribution in [0.15, 0.2) is 54.0 Å². The van der Waals surface area contributed by atoms with E-state index in [1.807, 2.05) is 25.1 Å². The van der Waals surface area contributed by atoms with Gasteiger partial charge >= 0.3 is 0 Å². The van der Waals surface area contributed by atoms with Crippen LogP contribution in [0, 0.1) is 20.8 Å². The molecule has 3 heterocycles. The molecule has 0 aliphatic heterocycles. The van der Waals surface area contributed by atoms with E-state index in [9.17, 15) is 0 Å². The lowest BCUT2D eigenvalue weighted by Gasteiger charge is -2.21. The second-order valence-electron chi connectivity index (χ2n) is 6.24. The number of nitrogens with one attached hydrogen (secondary N) is 1. The van der Waals surface area contributed by atoms with E-state index in [1.54, 1.807) is 11.3 Å². The van der Waals surface area contributed by atoms with Crippen LogP contribution >= 0.6 is 11.3 Å². The predicted octanol–water partition coefficient (Wildman–Crippen LogP) is 4.92. The van der Waals surface area contributed by atoms with E-state index in [0.717, 1.165) is 27.9 Å². The minimum Gasteiger partial charge on any atom is -0.349 e. The topological polar surface area (TPSA) is 42.2 Å². The molecule has 4 rings (SSSR count). The average Bonchev–Trinajstić information content (AvgIpc) is 3.15. The van der Waals surface area contributed by atoms with Crippen molar-refractivity contribution in [3.05, 3.63) is 82.3 Å². The van der Waals surface area contributed by atoms with Gasteiger partial charge in [-0.05, 0) is 44.0 Å². The molecule has 25 heavy (non-hydrogen) atoms. The van der Waals surface area contributed by atoms with Gasteiger partial charge in [-0.15, -0.1) is 11.3 Å². The molecule has 0 saturated carbocycles. The Morgan fingerprint density at radius 1 is 1.00 bits per heavy atom. The Kier molecular flexibility index (Phi) is 4.01. The Morgan fingerprint density at radius 2 is 1.80 bits per heavy atom. The molecule has 0 amide bonds. The molecule has 0 fully saturated rings. The monoisotopic (exact) mass is 348 g/mol. The van der Waals surface area contributed by atoms with E-state index < -0.39 is 0 Å². The van der Waals surface area contributed by atoms with Crippen LogP contribution in [-0.2, 0) is 0 Å². The first-order valence-corrected chi connectivity index (χ1v) is 9.19. The van der Waals surface area contributed by atoms with Crippen molar-refractivity contribution in [3.8, 4) is 0 Å². The number of thiazole rings is 1. The zero-order chi connectivity index (χ0) is 17.4. The highest BCUT2D eigenvalue weighted by Crippen LogP contribution is 2.32. The van der Waals surface area contributed by atoms with Gasteiger partial charge in [-0.1, -0.05) is 30.3 Å². The molecule has 4 aromatic rings. The Bertz CT molecular complexity index is 1030. The molecular weight excluding hydrogens is 328 g/mol. The van der Waals surface area contributed by atoms with Gasteiger partial charge in [-0.2, -0.15) is 0 Å². The molecule has 0 aliphatic carbocycles. The van der Waals surface area contributed by atoms with Gasteiger partial charge in [0.1, 0.15) is 5.65 Å². The second kappa shape index (κ2) is 6.33. The standard InChI is InChI=1S/C20H20N4S/c1-13-8-4-5-9-16(13)18(23-20-21-14(2)12-25-20)19-15(3)22-17-10-6-7-11-24(17)19/h4-12,18H,1-3H3,(H,21,23). The number of rotatable bonds is 4. The van der Waals surface area contributed by atoms with Gasteiger partial charge in [0.25, 0.3) is 0 Å². The van der Waals surface area contributed by atoms with Gasteiger partial charge in [-0.3, -0.25) is 0 Å². The number of benzene rings is 1. The molecule has 1 aromatic carbocycles. The van der Waals surface area contributed by atoms with Gasteiger partial charge in [0.05, 0.1) is 23.1 Å². The fourth-order valence-electron chi connectivity index (χ4n) is 3.23. The summed E-state index contributed by atoms with van der Waals surface area (Å²) < 4.78 is 2.17. The second-order valence-corrected chi connectivity index (χ2v) is 7.10. The van der Waals surface area contributed by atoms with E-state index in [0.29, 0.717) is 0 Å². The van der Waals surface area contributed by atoms with Gasteiger partial charge in [0.15, 0.2) is 5.13 Å². The molecule has 1 N–H and O–H groups in total. The van der Waals surface area contributed by atoms with Crippen molar-refractivity contribution in [3.63, 3.8) is 0 Å². The first kappa shape index (κ1) is 15.8.